The van der Waals surface area contributed by atoms with Crippen LogP contribution in [0.15, 0.2) is 67.0 Å². The predicted octanol–water partition coefficient (Wildman–Crippen LogP) is 5.27. The van der Waals surface area contributed by atoms with Gasteiger partial charge in [0.05, 0.1) is 37.5 Å². The van der Waals surface area contributed by atoms with Gasteiger partial charge in [0.2, 0.25) is 0 Å². The van der Waals surface area contributed by atoms with E-state index >= 15 is 0 Å². The van der Waals surface area contributed by atoms with E-state index in [9.17, 15) is 14.7 Å². The minimum Gasteiger partial charge on any atom is -0.497 e. The van der Waals surface area contributed by atoms with Crippen LogP contribution in [0.2, 0.25) is 0 Å². The molecule has 0 spiro atoms. The summed E-state index contributed by atoms with van der Waals surface area (Å²) in [7, 11) is 3.73. The van der Waals surface area contributed by atoms with Crippen LogP contribution >= 0.6 is 0 Å². The second-order valence-corrected chi connectivity index (χ2v) is 12.2. The Hall–Kier alpha value is -3.99. The standard InChI is InChI=1S/C36H48N4O6/c1-25-21-40(26(2)24-41)36(43)32-20-30(38-35(42)29-15-17-37-18-16-29)11-14-33(32)46-27(3)8-6-7-19-45-34(25)23-39(4)22-28-9-12-31(44-5)13-10-28/h9-18,20,25-27,34,41H,6-8,19,21-24H2,1-5H3,(H,38,42)/t25-,26+,27+,34-/m0/s1. The maximum absolute atomic E-state index is 14.3. The van der Waals surface area contributed by atoms with Gasteiger partial charge in [0.1, 0.15) is 11.5 Å². The molecule has 2 heterocycles. The highest BCUT2D eigenvalue weighted by molar-refractivity contribution is 6.05. The minimum atomic E-state index is -0.458. The van der Waals surface area contributed by atoms with Gasteiger partial charge in [-0.25, -0.2) is 0 Å². The number of likely N-dealkylation sites (N-methyl/N-ethyl adjacent to an activating group) is 1. The molecule has 0 saturated carbocycles. The van der Waals surface area contributed by atoms with Gasteiger partial charge in [-0.2, -0.15) is 0 Å². The summed E-state index contributed by atoms with van der Waals surface area (Å²) in [5, 5.41) is 13.1. The fourth-order valence-electron chi connectivity index (χ4n) is 5.58. The monoisotopic (exact) mass is 632 g/mol. The lowest BCUT2D eigenvalue weighted by Gasteiger charge is -2.36. The van der Waals surface area contributed by atoms with E-state index in [1.807, 2.05) is 26.0 Å². The molecule has 10 nitrogen and oxygen atoms in total. The van der Waals surface area contributed by atoms with Crippen molar-refractivity contribution in [2.45, 2.75) is 64.8 Å². The van der Waals surface area contributed by atoms with Crippen LogP contribution in [0.25, 0.3) is 0 Å². The lowest BCUT2D eigenvalue weighted by molar-refractivity contribution is -0.0177. The summed E-state index contributed by atoms with van der Waals surface area (Å²) in [6.07, 6.45) is 5.43. The number of rotatable bonds is 9. The van der Waals surface area contributed by atoms with Gasteiger partial charge in [0.15, 0.2) is 0 Å². The first kappa shape index (κ1) is 34.9. The Labute approximate surface area is 272 Å². The van der Waals surface area contributed by atoms with E-state index in [1.165, 1.54) is 5.56 Å². The van der Waals surface area contributed by atoms with E-state index in [-0.39, 0.29) is 36.5 Å². The second-order valence-electron chi connectivity index (χ2n) is 12.2. The molecular formula is C36H48N4O6. The van der Waals surface area contributed by atoms with E-state index in [0.717, 1.165) is 31.6 Å². The van der Waals surface area contributed by atoms with Gasteiger partial charge in [0.25, 0.3) is 11.8 Å². The molecule has 0 unspecified atom stereocenters. The van der Waals surface area contributed by atoms with Crippen molar-refractivity contribution in [1.29, 1.82) is 0 Å². The molecule has 0 fully saturated rings. The third-order valence-corrected chi connectivity index (χ3v) is 8.36. The average Bonchev–Trinajstić information content (AvgIpc) is 3.06. The topological polar surface area (TPSA) is 113 Å². The largest absolute Gasteiger partial charge is 0.497 e. The summed E-state index contributed by atoms with van der Waals surface area (Å²) < 4.78 is 18.1. The second kappa shape index (κ2) is 17.1. The lowest BCUT2D eigenvalue weighted by atomic mass is 10.0. The van der Waals surface area contributed by atoms with Crippen LogP contribution in [-0.2, 0) is 11.3 Å². The average molecular weight is 633 g/mol. The van der Waals surface area contributed by atoms with E-state index in [0.29, 0.717) is 42.3 Å². The lowest BCUT2D eigenvalue weighted by Crippen LogP contribution is -2.47. The number of fused-ring (bicyclic) bond motifs is 1. The molecular weight excluding hydrogens is 584 g/mol. The molecule has 0 bridgehead atoms. The SMILES string of the molecule is COc1ccc(CN(C)C[C@@H]2OCCCC[C@@H](C)Oc3ccc(NC(=O)c4ccncc4)cc3C(=O)N([C@H](C)CO)C[C@@H]2C)cc1. The molecule has 4 rings (SSSR count). The fourth-order valence-corrected chi connectivity index (χ4v) is 5.58. The molecule has 46 heavy (non-hydrogen) atoms. The van der Waals surface area contributed by atoms with Gasteiger partial charge in [-0.3, -0.25) is 19.5 Å². The predicted molar refractivity (Wildman–Crippen MR) is 178 cm³/mol. The third kappa shape index (κ3) is 9.75. The van der Waals surface area contributed by atoms with E-state index in [2.05, 4.69) is 41.3 Å². The third-order valence-electron chi connectivity index (χ3n) is 8.36. The number of amides is 2. The molecule has 3 aromatic rings. The zero-order valence-corrected chi connectivity index (χ0v) is 27.6. The van der Waals surface area contributed by atoms with Gasteiger partial charge in [0, 0.05) is 55.8 Å². The van der Waals surface area contributed by atoms with Crippen LogP contribution in [0.4, 0.5) is 5.69 Å². The van der Waals surface area contributed by atoms with Crippen LogP contribution in [0.5, 0.6) is 11.5 Å². The van der Waals surface area contributed by atoms with Crippen molar-refractivity contribution in [2.75, 3.05) is 45.8 Å². The molecule has 1 aliphatic heterocycles. The van der Waals surface area contributed by atoms with E-state index < -0.39 is 6.04 Å². The van der Waals surface area contributed by atoms with Crippen molar-refractivity contribution in [1.82, 2.24) is 14.8 Å². The summed E-state index contributed by atoms with van der Waals surface area (Å²) in [4.78, 5) is 35.1. The number of aliphatic hydroxyl groups is 1. The number of pyridine rings is 1. The minimum absolute atomic E-state index is 0.0444. The summed E-state index contributed by atoms with van der Waals surface area (Å²) in [5.74, 6) is 0.640. The molecule has 10 heteroatoms. The van der Waals surface area contributed by atoms with Crippen LogP contribution in [0.1, 0.15) is 66.3 Å². The number of ether oxygens (including phenoxy) is 3. The van der Waals surface area contributed by atoms with Crippen molar-refractivity contribution in [3.8, 4) is 11.5 Å². The Morgan fingerprint density at radius 3 is 2.57 bits per heavy atom. The molecule has 248 valence electrons. The summed E-state index contributed by atoms with van der Waals surface area (Å²) in [5.41, 5.74) is 2.42. The highest BCUT2D eigenvalue weighted by Crippen LogP contribution is 2.29. The first-order valence-corrected chi connectivity index (χ1v) is 16.1. The van der Waals surface area contributed by atoms with Gasteiger partial charge >= 0.3 is 0 Å². The molecule has 2 aromatic carbocycles. The number of hydrogen-bond acceptors (Lipinski definition) is 8. The van der Waals surface area contributed by atoms with Gasteiger partial charge in [-0.1, -0.05) is 19.1 Å². The first-order chi connectivity index (χ1) is 22.2. The van der Waals surface area contributed by atoms with Crippen LogP contribution < -0.4 is 14.8 Å². The maximum Gasteiger partial charge on any atom is 0.258 e. The van der Waals surface area contributed by atoms with Crippen LogP contribution in [0, 0.1) is 5.92 Å². The molecule has 0 radical (unpaired) electrons. The molecule has 2 N–H and O–H groups in total. The molecule has 0 aliphatic carbocycles. The summed E-state index contributed by atoms with van der Waals surface area (Å²) in [6, 6.07) is 16.0. The molecule has 1 aliphatic rings. The zero-order valence-electron chi connectivity index (χ0n) is 27.6. The normalized spacial score (nSPS) is 20.3. The number of carbonyl (C=O) groups excluding carboxylic acids is 2. The van der Waals surface area contributed by atoms with Gasteiger partial charge in [-0.05, 0) is 88.2 Å². The number of aromatic nitrogens is 1. The van der Waals surface area contributed by atoms with Crippen molar-refractivity contribution >= 4 is 17.5 Å². The number of nitrogens with zero attached hydrogens (tertiary/aromatic N) is 3. The highest BCUT2D eigenvalue weighted by atomic mass is 16.5. The van der Waals surface area contributed by atoms with Crippen molar-refractivity contribution in [3.05, 3.63) is 83.7 Å². The number of carbonyl (C=O) groups is 2. The van der Waals surface area contributed by atoms with Crippen LogP contribution in [0.3, 0.4) is 0 Å². The number of nitrogens with one attached hydrogen (secondary N) is 1. The summed E-state index contributed by atoms with van der Waals surface area (Å²) >= 11 is 0. The number of hydrogen-bond donors (Lipinski definition) is 2. The molecule has 4 atom stereocenters. The van der Waals surface area contributed by atoms with Crippen molar-refractivity contribution < 1.29 is 28.9 Å². The summed E-state index contributed by atoms with van der Waals surface area (Å²) in [6.45, 7) is 8.10. The number of methoxy groups -OCH3 is 1. The Morgan fingerprint density at radius 2 is 1.87 bits per heavy atom. The zero-order chi connectivity index (χ0) is 33.1. The Balaban J connectivity index is 1.59. The van der Waals surface area contributed by atoms with Gasteiger partial charge in [-0.15, -0.1) is 0 Å². The van der Waals surface area contributed by atoms with Crippen molar-refractivity contribution in [3.63, 3.8) is 0 Å². The highest BCUT2D eigenvalue weighted by Gasteiger charge is 2.30. The van der Waals surface area contributed by atoms with E-state index in [4.69, 9.17) is 14.2 Å². The first-order valence-electron chi connectivity index (χ1n) is 16.1. The van der Waals surface area contributed by atoms with Crippen molar-refractivity contribution in [2.24, 2.45) is 5.92 Å². The smallest absolute Gasteiger partial charge is 0.258 e. The number of anilines is 1. The molecule has 2 amide bonds. The van der Waals surface area contributed by atoms with Crippen LogP contribution in [-0.4, -0.2) is 90.4 Å². The van der Waals surface area contributed by atoms with Gasteiger partial charge < -0.3 is 29.5 Å². The Bertz CT molecular complexity index is 1400. The van der Waals surface area contributed by atoms with E-state index in [1.54, 1.807) is 54.7 Å². The number of aliphatic hydroxyl groups excluding tert-OH is 1. The number of benzene rings is 2. The Kier molecular flexibility index (Phi) is 12.9. The quantitative estimate of drug-likeness (QED) is 0.328. The molecule has 0 saturated heterocycles. The maximum atomic E-state index is 14.3. The fraction of sp³-hybridized carbons (Fsp3) is 0.472. The Morgan fingerprint density at radius 1 is 1.13 bits per heavy atom. The molecule has 1 aromatic heterocycles.